The van der Waals surface area contributed by atoms with Crippen molar-refractivity contribution in [1.82, 2.24) is 10.4 Å². The minimum atomic E-state index is -2.34. The monoisotopic (exact) mass is 774 g/mol. The molecule has 4 saturated heterocycles. The Morgan fingerprint density at radius 1 is 0.717 bits per heavy atom. The maximum absolute atomic E-state index is 15.9. The maximum Gasteiger partial charge on any atom is 0.333 e. The van der Waals surface area contributed by atoms with E-state index < -0.39 is 136 Å². The Bertz CT molecular complexity index is 1220. The predicted octanol–water partition coefficient (Wildman–Crippen LogP) is -6.29. The van der Waals surface area contributed by atoms with Crippen LogP contribution in [0, 0.1) is 0 Å². The Morgan fingerprint density at radius 2 is 1.26 bits per heavy atom. The van der Waals surface area contributed by atoms with Gasteiger partial charge in [-0.05, 0) is 12.8 Å². The molecule has 22 nitrogen and oxygen atoms in total. The summed E-state index contributed by atoms with van der Waals surface area (Å²) in [6.45, 7) is -2.86. The molecule has 0 aliphatic carbocycles. The highest BCUT2D eigenvalue weighted by Crippen LogP contribution is 2.32. The van der Waals surface area contributed by atoms with E-state index in [1.165, 1.54) is 0 Å². The van der Waals surface area contributed by atoms with Crippen LogP contribution in [0.4, 0.5) is 4.39 Å². The number of imide groups is 1. The van der Waals surface area contributed by atoms with Gasteiger partial charge in [0.1, 0.15) is 67.1 Å². The van der Waals surface area contributed by atoms with Gasteiger partial charge in [-0.15, -0.1) is 5.06 Å². The summed E-state index contributed by atoms with van der Waals surface area (Å²) in [5.74, 6) is -2.52. The van der Waals surface area contributed by atoms with E-state index in [9.17, 15) is 65.1 Å². The second-order valence-electron chi connectivity index (χ2n) is 12.8. The zero-order valence-corrected chi connectivity index (χ0v) is 28.3. The molecule has 0 radical (unpaired) electrons. The number of aliphatic hydroxyl groups is 9. The van der Waals surface area contributed by atoms with Crippen molar-refractivity contribution < 1.29 is 103 Å². The molecular formula is C30H47FN2O20. The van der Waals surface area contributed by atoms with E-state index in [2.05, 4.69) is 5.32 Å². The summed E-state index contributed by atoms with van der Waals surface area (Å²) in [7, 11) is 0. The second-order valence-corrected chi connectivity index (χ2v) is 12.8. The molecule has 4 fully saturated rings. The van der Waals surface area contributed by atoms with E-state index in [1.807, 2.05) is 0 Å². The van der Waals surface area contributed by atoms with Gasteiger partial charge in [0, 0.05) is 32.2 Å². The predicted molar refractivity (Wildman–Crippen MR) is 163 cm³/mol. The van der Waals surface area contributed by atoms with Crippen LogP contribution in [0.5, 0.6) is 0 Å². The number of hydroxylamine groups is 2. The first-order valence-corrected chi connectivity index (χ1v) is 17.0. The van der Waals surface area contributed by atoms with Gasteiger partial charge in [0.15, 0.2) is 25.0 Å². The zero-order chi connectivity index (χ0) is 39.0. The average Bonchev–Trinajstić information content (AvgIpc) is 3.45. The molecule has 53 heavy (non-hydrogen) atoms. The van der Waals surface area contributed by atoms with Crippen LogP contribution in [0.3, 0.4) is 0 Å². The summed E-state index contributed by atoms with van der Waals surface area (Å²) in [5.41, 5.74) is 0. The number of carbonyl (C=O) groups is 4. The Hall–Kier alpha value is -2.59. The van der Waals surface area contributed by atoms with Gasteiger partial charge in [-0.25, -0.2) is 9.18 Å². The number of ether oxygens (including phenoxy) is 6. The molecule has 10 N–H and O–H groups in total. The molecule has 0 unspecified atom stereocenters. The molecular weight excluding hydrogens is 727 g/mol. The molecule has 0 aromatic heterocycles. The lowest BCUT2D eigenvalue weighted by Crippen LogP contribution is -2.64. The van der Waals surface area contributed by atoms with Gasteiger partial charge >= 0.3 is 5.97 Å². The summed E-state index contributed by atoms with van der Waals surface area (Å²) in [5, 5.41) is 94.0. The van der Waals surface area contributed by atoms with E-state index in [0.717, 1.165) is 0 Å². The van der Waals surface area contributed by atoms with E-state index in [-0.39, 0.29) is 51.7 Å². The van der Waals surface area contributed by atoms with Crippen molar-refractivity contribution in [2.24, 2.45) is 0 Å². The topological polar surface area (TPSA) is 330 Å². The molecule has 4 heterocycles. The fourth-order valence-electron chi connectivity index (χ4n) is 5.85. The smallest absolute Gasteiger partial charge is 0.333 e. The highest BCUT2D eigenvalue weighted by atomic mass is 19.1. The van der Waals surface area contributed by atoms with Crippen molar-refractivity contribution >= 4 is 23.7 Å². The normalized spacial score (nSPS) is 39.3. The Morgan fingerprint density at radius 3 is 1.87 bits per heavy atom. The number of aliphatic hydroxyl groups excluding tert-OH is 9. The average molecular weight is 775 g/mol. The number of amides is 3. The van der Waals surface area contributed by atoms with Crippen molar-refractivity contribution in [2.75, 3.05) is 33.0 Å². The summed E-state index contributed by atoms with van der Waals surface area (Å²) >= 11 is 0. The third-order valence-electron chi connectivity index (χ3n) is 8.95. The van der Waals surface area contributed by atoms with Crippen LogP contribution >= 0.6 is 0 Å². The third kappa shape index (κ3) is 10.8. The molecule has 0 saturated carbocycles. The summed E-state index contributed by atoms with van der Waals surface area (Å²) in [6.07, 6.45) is -26.8. The van der Waals surface area contributed by atoms with Crippen LogP contribution in [-0.4, -0.2) is 200 Å². The van der Waals surface area contributed by atoms with Gasteiger partial charge in [0.2, 0.25) is 5.91 Å². The SMILES string of the molecule is O=C(CCCCC(=O)ON1C(=O)CCC1=O)NCCO[C@H]1O[C@H](CO[C@H]2O[C@H](CO)[C@@H](O)[C@H](O)[C@@H]2O)[C@@H](O)[C@H](O[C@H]2O[C@H](CO)[C@@H](O)[C@H](O)[C@@H]2O)[C@@H]1F. The molecule has 304 valence electrons. The summed E-state index contributed by atoms with van der Waals surface area (Å²) in [4.78, 5) is 52.0. The highest BCUT2D eigenvalue weighted by Gasteiger charge is 2.52. The fourth-order valence-corrected chi connectivity index (χ4v) is 5.85. The first kappa shape index (κ1) is 43.1. The van der Waals surface area contributed by atoms with Gasteiger partial charge in [-0.2, -0.15) is 0 Å². The minimum absolute atomic E-state index is 0.0426. The zero-order valence-electron chi connectivity index (χ0n) is 28.3. The van der Waals surface area contributed by atoms with Crippen LogP contribution in [0.15, 0.2) is 0 Å². The number of carbonyl (C=O) groups excluding carboxylic acids is 4. The van der Waals surface area contributed by atoms with E-state index in [0.29, 0.717) is 5.06 Å². The molecule has 0 bridgehead atoms. The summed E-state index contributed by atoms with van der Waals surface area (Å²) < 4.78 is 48.4. The minimum Gasteiger partial charge on any atom is -0.394 e. The number of alkyl halides is 1. The van der Waals surface area contributed by atoms with Crippen molar-refractivity contribution in [3.63, 3.8) is 0 Å². The maximum atomic E-state index is 15.9. The lowest BCUT2D eigenvalue weighted by Gasteiger charge is -2.46. The second kappa shape index (κ2) is 19.8. The number of halogens is 1. The highest BCUT2D eigenvalue weighted by molar-refractivity contribution is 6.01. The molecule has 0 spiro atoms. The number of hydrogen-bond donors (Lipinski definition) is 10. The molecule has 15 atom stereocenters. The third-order valence-corrected chi connectivity index (χ3v) is 8.95. The van der Waals surface area contributed by atoms with Crippen molar-refractivity contribution in [3.05, 3.63) is 0 Å². The van der Waals surface area contributed by atoms with Crippen molar-refractivity contribution in [3.8, 4) is 0 Å². The van der Waals surface area contributed by atoms with Crippen molar-refractivity contribution in [1.29, 1.82) is 0 Å². The molecule has 0 aromatic rings. The fraction of sp³-hybridized carbons (Fsp3) is 0.867. The summed E-state index contributed by atoms with van der Waals surface area (Å²) in [6, 6.07) is 0. The van der Waals surface area contributed by atoms with Crippen LogP contribution in [0.1, 0.15) is 38.5 Å². The van der Waals surface area contributed by atoms with Crippen LogP contribution < -0.4 is 5.32 Å². The van der Waals surface area contributed by atoms with Gasteiger partial charge in [0.05, 0.1) is 26.4 Å². The number of nitrogens with one attached hydrogen (secondary N) is 1. The van der Waals surface area contributed by atoms with Gasteiger partial charge < -0.3 is 84.5 Å². The molecule has 4 aliphatic heterocycles. The van der Waals surface area contributed by atoms with Crippen LogP contribution in [0.25, 0.3) is 0 Å². The van der Waals surface area contributed by atoms with E-state index >= 15 is 4.39 Å². The Balaban J connectivity index is 1.30. The van der Waals surface area contributed by atoms with Crippen molar-refractivity contribution in [2.45, 2.75) is 131 Å². The molecule has 23 heteroatoms. The molecule has 0 aromatic carbocycles. The Kier molecular flexibility index (Phi) is 16.1. The van der Waals surface area contributed by atoms with Gasteiger partial charge in [-0.3, -0.25) is 14.4 Å². The van der Waals surface area contributed by atoms with Crippen LogP contribution in [-0.2, 0) is 52.4 Å². The lowest BCUT2D eigenvalue weighted by molar-refractivity contribution is -0.359. The number of nitrogens with zero attached hydrogens (tertiary/aromatic N) is 1. The van der Waals surface area contributed by atoms with Gasteiger partial charge in [-0.1, -0.05) is 0 Å². The molecule has 3 amide bonds. The largest absolute Gasteiger partial charge is 0.394 e. The molecule has 4 rings (SSSR count). The number of rotatable bonds is 17. The number of unbranched alkanes of at least 4 members (excludes halogenated alkanes) is 1. The van der Waals surface area contributed by atoms with E-state index in [4.69, 9.17) is 33.3 Å². The standard InChI is InChI=1S/C30H47FN2O20/c31-19-27(52-30-26(46)24(44)21(41)13(10-35)50-30)22(42)14(11-48-29-25(45)23(43)20(40)12(9-34)49-29)51-28(19)47-8-7-32-15(36)3-1-2-4-18(39)53-33-16(37)5-6-17(33)38/h12-14,19-30,34-35,40-46H,1-11H2,(H,32,36)/t12-,13-,14-,19+,20-,21-,22-,23+,24+,25+,26+,27-,28+,29+,30-/m1/s1. The quantitative estimate of drug-likeness (QED) is 0.0485. The van der Waals surface area contributed by atoms with Crippen LogP contribution in [0.2, 0.25) is 0 Å². The molecule has 4 aliphatic rings. The number of hydrogen-bond acceptors (Lipinski definition) is 20. The lowest BCUT2D eigenvalue weighted by atomic mass is 9.97. The first-order valence-electron chi connectivity index (χ1n) is 17.0. The van der Waals surface area contributed by atoms with Gasteiger partial charge in [0.25, 0.3) is 11.8 Å². The Labute approximate surface area is 300 Å². The first-order chi connectivity index (χ1) is 25.2. The van der Waals surface area contributed by atoms with E-state index in [1.54, 1.807) is 0 Å².